The predicted octanol–water partition coefficient (Wildman–Crippen LogP) is 3.65. The van der Waals surface area contributed by atoms with Gasteiger partial charge in [-0.1, -0.05) is 32.0 Å². The quantitative estimate of drug-likeness (QED) is 0.433. The molecule has 2 N–H and O–H groups in total. The molecule has 0 radical (unpaired) electrons. The fourth-order valence-corrected chi connectivity index (χ4v) is 3.15. The fourth-order valence-electron chi connectivity index (χ4n) is 2.22. The second-order valence-electron chi connectivity index (χ2n) is 5.52. The highest BCUT2D eigenvalue weighted by Crippen LogP contribution is 2.25. The van der Waals surface area contributed by atoms with Gasteiger partial charge >= 0.3 is 0 Å². The number of H-pyrrole nitrogens is 1. The van der Waals surface area contributed by atoms with E-state index in [0.29, 0.717) is 18.5 Å². The molecule has 140 valence electrons. The Morgan fingerprint density at radius 3 is 2.65 bits per heavy atom. The summed E-state index contributed by atoms with van der Waals surface area (Å²) in [7, 11) is 0. The first kappa shape index (κ1) is 20.0. The maximum atomic E-state index is 13.7. The van der Waals surface area contributed by atoms with Crippen LogP contribution < -0.4 is 10.9 Å². The predicted molar refractivity (Wildman–Crippen MR) is 93.7 cm³/mol. The Balaban J connectivity index is 2.17. The molecule has 0 saturated heterocycles. The van der Waals surface area contributed by atoms with Gasteiger partial charge in [0.05, 0.1) is 10.9 Å². The third-order valence-electron chi connectivity index (χ3n) is 3.49. The molecule has 2 rings (SSSR count). The Labute approximate surface area is 152 Å². The zero-order valence-corrected chi connectivity index (χ0v) is 15.1. The van der Waals surface area contributed by atoms with Crippen LogP contribution in [-0.2, 0) is 11.2 Å². The van der Waals surface area contributed by atoms with E-state index in [9.17, 15) is 22.8 Å². The van der Waals surface area contributed by atoms with Crippen molar-refractivity contribution in [2.24, 2.45) is 0 Å². The fraction of sp³-hybridized carbons (Fsp3) is 0.353. The van der Waals surface area contributed by atoms with Gasteiger partial charge in [0.2, 0.25) is 5.91 Å². The standard InChI is InChI=1S/C17H18F3N3O2S/c1-3-5-9-8-13(24)23-17(21-9)26-12(4-2)16(25)22-11-7-6-10(18)14(19)15(11)20/h6-8,12H,3-5H2,1-2H3,(H,22,25)(H,21,23,24). The molecule has 0 aliphatic carbocycles. The summed E-state index contributed by atoms with van der Waals surface area (Å²) in [5.41, 5.74) is -0.164. The molecular weight excluding hydrogens is 367 g/mol. The van der Waals surface area contributed by atoms with Gasteiger partial charge in [-0.15, -0.1) is 0 Å². The van der Waals surface area contributed by atoms with E-state index >= 15 is 0 Å². The van der Waals surface area contributed by atoms with E-state index in [4.69, 9.17) is 0 Å². The number of aromatic amines is 1. The Bertz CT molecular complexity index is 858. The zero-order chi connectivity index (χ0) is 19.3. The molecule has 5 nitrogen and oxygen atoms in total. The number of anilines is 1. The molecule has 9 heteroatoms. The summed E-state index contributed by atoms with van der Waals surface area (Å²) in [5, 5.41) is 1.81. The molecule has 1 unspecified atom stereocenters. The normalized spacial score (nSPS) is 12.0. The first-order valence-corrected chi connectivity index (χ1v) is 8.94. The van der Waals surface area contributed by atoms with E-state index in [2.05, 4.69) is 15.3 Å². The van der Waals surface area contributed by atoms with Gasteiger partial charge in [0.1, 0.15) is 0 Å². The summed E-state index contributed by atoms with van der Waals surface area (Å²) in [5.74, 6) is -5.06. The summed E-state index contributed by atoms with van der Waals surface area (Å²) in [6.07, 6.45) is 1.79. The molecule has 2 aromatic rings. The largest absolute Gasteiger partial charge is 0.323 e. The minimum Gasteiger partial charge on any atom is -0.323 e. The van der Waals surface area contributed by atoms with Crippen LogP contribution in [-0.4, -0.2) is 21.1 Å². The van der Waals surface area contributed by atoms with Crippen molar-refractivity contribution < 1.29 is 18.0 Å². The summed E-state index contributed by atoms with van der Waals surface area (Å²) in [6, 6.07) is 3.08. The number of rotatable bonds is 7. The minimum absolute atomic E-state index is 0.272. The molecule has 0 saturated carbocycles. The van der Waals surface area contributed by atoms with E-state index in [-0.39, 0.29) is 10.7 Å². The Kier molecular flexibility index (Phi) is 6.84. The monoisotopic (exact) mass is 385 g/mol. The number of carbonyl (C=O) groups excluding carboxylic acids is 1. The van der Waals surface area contributed by atoms with Crippen LogP contribution in [0.1, 0.15) is 32.4 Å². The number of benzene rings is 1. The van der Waals surface area contributed by atoms with Gasteiger partial charge < -0.3 is 10.3 Å². The molecule has 0 bridgehead atoms. The van der Waals surface area contributed by atoms with Crippen molar-refractivity contribution in [3.8, 4) is 0 Å². The molecular formula is C17H18F3N3O2S. The van der Waals surface area contributed by atoms with E-state index in [1.165, 1.54) is 6.07 Å². The lowest BCUT2D eigenvalue weighted by molar-refractivity contribution is -0.115. The number of amides is 1. The molecule has 0 aliphatic heterocycles. The lowest BCUT2D eigenvalue weighted by Gasteiger charge is -2.15. The van der Waals surface area contributed by atoms with Gasteiger partial charge in [-0.3, -0.25) is 9.59 Å². The molecule has 1 aromatic heterocycles. The lowest BCUT2D eigenvalue weighted by atomic mass is 10.2. The summed E-state index contributed by atoms with van der Waals surface area (Å²) >= 11 is 1.01. The highest BCUT2D eigenvalue weighted by Gasteiger charge is 2.22. The number of thioether (sulfide) groups is 1. The van der Waals surface area contributed by atoms with Crippen molar-refractivity contribution in [1.29, 1.82) is 0 Å². The summed E-state index contributed by atoms with van der Waals surface area (Å²) in [4.78, 5) is 30.9. The van der Waals surface area contributed by atoms with E-state index < -0.39 is 34.3 Å². The topological polar surface area (TPSA) is 74.8 Å². The molecule has 1 amide bonds. The van der Waals surface area contributed by atoms with Crippen molar-refractivity contribution in [2.75, 3.05) is 5.32 Å². The lowest BCUT2D eigenvalue weighted by Crippen LogP contribution is -2.26. The third-order valence-corrected chi connectivity index (χ3v) is 4.74. The number of nitrogens with zero attached hydrogens (tertiary/aromatic N) is 1. The second-order valence-corrected chi connectivity index (χ2v) is 6.71. The van der Waals surface area contributed by atoms with Crippen molar-refractivity contribution in [3.05, 3.63) is 51.7 Å². The maximum absolute atomic E-state index is 13.7. The maximum Gasteiger partial charge on any atom is 0.251 e. The Morgan fingerprint density at radius 2 is 2.00 bits per heavy atom. The van der Waals surface area contributed by atoms with Crippen LogP contribution in [0.25, 0.3) is 0 Å². The first-order chi connectivity index (χ1) is 12.3. The number of hydrogen-bond donors (Lipinski definition) is 2. The molecule has 0 fully saturated rings. The second kappa shape index (κ2) is 8.88. The zero-order valence-electron chi connectivity index (χ0n) is 14.2. The van der Waals surface area contributed by atoms with Crippen molar-refractivity contribution in [3.63, 3.8) is 0 Å². The van der Waals surface area contributed by atoms with Crippen molar-refractivity contribution in [1.82, 2.24) is 9.97 Å². The van der Waals surface area contributed by atoms with Crippen LogP contribution >= 0.6 is 11.8 Å². The summed E-state index contributed by atoms with van der Waals surface area (Å²) in [6.45, 7) is 3.68. The number of nitrogens with one attached hydrogen (secondary N) is 2. The van der Waals surface area contributed by atoms with Gasteiger partial charge in [0.15, 0.2) is 22.6 Å². The molecule has 0 aliphatic rings. The SMILES string of the molecule is CCCc1cc(=O)[nH]c(SC(CC)C(=O)Nc2ccc(F)c(F)c2F)n1. The number of aryl methyl sites for hydroxylation is 1. The molecule has 1 heterocycles. The van der Waals surface area contributed by atoms with Crippen molar-refractivity contribution in [2.45, 2.75) is 43.5 Å². The number of hydrogen-bond acceptors (Lipinski definition) is 4. The van der Waals surface area contributed by atoms with E-state index in [1.54, 1.807) is 6.92 Å². The summed E-state index contributed by atoms with van der Waals surface area (Å²) < 4.78 is 40.0. The van der Waals surface area contributed by atoms with Gasteiger partial charge in [-0.25, -0.2) is 18.2 Å². The van der Waals surface area contributed by atoms with Crippen LogP contribution in [0.2, 0.25) is 0 Å². The Hall–Kier alpha value is -2.29. The number of aromatic nitrogens is 2. The molecule has 1 aromatic carbocycles. The smallest absolute Gasteiger partial charge is 0.251 e. The van der Waals surface area contributed by atoms with Gasteiger partial charge in [-0.2, -0.15) is 0 Å². The Morgan fingerprint density at radius 1 is 1.27 bits per heavy atom. The minimum atomic E-state index is -1.65. The van der Waals surface area contributed by atoms with Crippen LogP contribution in [0.15, 0.2) is 28.2 Å². The average molecular weight is 385 g/mol. The van der Waals surface area contributed by atoms with E-state index in [0.717, 1.165) is 30.3 Å². The van der Waals surface area contributed by atoms with E-state index in [1.807, 2.05) is 6.92 Å². The van der Waals surface area contributed by atoms with Crippen LogP contribution in [0.3, 0.4) is 0 Å². The van der Waals surface area contributed by atoms with Gasteiger partial charge in [0.25, 0.3) is 5.56 Å². The molecule has 0 spiro atoms. The van der Waals surface area contributed by atoms with Crippen molar-refractivity contribution >= 4 is 23.4 Å². The third kappa shape index (κ3) is 4.87. The molecule has 1 atom stereocenters. The molecule has 26 heavy (non-hydrogen) atoms. The number of carbonyl (C=O) groups is 1. The van der Waals surface area contributed by atoms with Crippen LogP contribution in [0, 0.1) is 17.5 Å². The highest BCUT2D eigenvalue weighted by molar-refractivity contribution is 8.00. The van der Waals surface area contributed by atoms with Crippen LogP contribution in [0.4, 0.5) is 18.9 Å². The average Bonchev–Trinajstić information content (AvgIpc) is 2.60. The first-order valence-electron chi connectivity index (χ1n) is 8.06. The highest BCUT2D eigenvalue weighted by atomic mass is 32.2. The van der Waals surface area contributed by atoms with Crippen LogP contribution in [0.5, 0.6) is 0 Å². The van der Waals surface area contributed by atoms with Gasteiger partial charge in [0, 0.05) is 11.8 Å². The van der Waals surface area contributed by atoms with Gasteiger partial charge in [-0.05, 0) is 25.0 Å². The number of halogens is 3.